The smallest absolute Gasteiger partial charge is 0.191 e. The van der Waals surface area contributed by atoms with Gasteiger partial charge in [0, 0.05) is 24.7 Å². The Balaban J connectivity index is 0.00000625. The number of guanidine groups is 1. The SMILES string of the molecule is CCNC(=NCc1cc(OC)c(OC)cc1OC)NCCCCSC.I. The summed E-state index contributed by atoms with van der Waals surface area (Å²) in [5.74, 6) is 4.05. The van der Waals surface area contributed by atoms with Crippen LogP contribution in [0.25, 0.3) is 0 Å². The van der Waals surface area contributed by atoms with E-state index in [2.05, 4.69) is 28.8 Å². The summed E-state index contributed by atoms with van der Waals surface area (Å²) in [4.78, 5) is 4.65. The summed E-state index contributed by atoms with van der Waals surface area (Å²) in [5, 5.41) is 6.64. The molecule has 6 nitrogen and oxygen atoms in total. The van der Waals surface area contributed by atoms with E-state index < -0.39 is 0 Å². The molecule has 2 N–H and O–H groups in total. The van der Waals surface area contributed by atoms with Crippen LogP contribution in [0.2, 0.25) is 0 Å². The Bertz CT molecular complexity index is 545. The molecule has 0 aliphatic rings. The summed E-state index contributed by atoms with van der Waals surface area (Å²) in [7, 11) is 4.88. The number of benzene rings is 1. The molecule has 0 fully saturated rings. The van der Waals surface area contributed by atoms with E-state index in [1.54, 1.807) is 21.3 Å². The van der Waals surface area contributed by atoms with E-state index in [1.165, 1.54) is 12.2 Å². The first-order valence-electron chi connectivity index (χ1n) is 8.50. The van der Waals surface area contributed by atoms with Gasteiger partial charge in [0.05, 0.1) is 27.9 Å². The number of nitrogens with one attached hydrogen (secondary N) is 2. The zero-order valence-corrected chi connectivity index (χ0v) is 19.5. The predicted molar refractivity (Wildman–Crippen MR) is 122 cm³/mol. The molecule has 0 unspecified atom stereocenters. The number of aliphatic imine (C=N–C) groups is 1. The average molecular weight is 497 g/mol. The van der Waals surface area contributed by atoms with E-state index in [-0.39, 0.29) is 24.0 Å². The van der Waals surface area contributed by atoms with Crippen LogP contribution in [0, 0.1) is 0 Å². The first-order valence-corrected chi connectivity index (χ1v) is 9.89. The van der Waals surface area contributed by atoms with Gasteiger partial charge in [-0.1, -0.05) is 0 Å². The second kappa shape index (κ2) is 15.1. The highest BCUT2D eigenvalue weighted by molar-refractivity contribution is 14.0. The van der Waals surface area contributed by atoms with Crippen LogP contribution >= 0.6 is 35.7 Å². The molecule has 1 aromatic rings. The van der Waals surface area contributed by atoms with Gasteiger partial charge < -0.3 is 24.8 Å². The fourth-order valence-corrected chi connectivity index (χ4v) is 2.79. The second-order valence-corrected chi connectivity index (χ2v) is 6.33. The molecule has 0 aliphatic carbocycles. The van der Waals surface area contributed by atoms with Crippen LogP contribution in [0.4, 0.5) is 0 Å². The van der Waals surface area contributed by atoms with Crippen molar-refractivity contribution >= 4 is 41.7 Å². The summed E-state index contributed by atoms with van der Waals surface area (Å²) in [6, 6.07) is 3.73. The van der Waals surface area contributed by atoms with Crippen LogP contribution in [-0.4, -0.2) is 52.4 Å². The van der Waals surface area contributed by atoms with Crippen molar-refractivity contribution in [1.29, 1.82) is 0 Å². The van der Waals surface area contributed by atoms with E-state index in [0.717, 1.165) is 36.8 Å². The van der Waals surface area contributed by atoms with Gasteiger partial charge in [-0.25, -0.2) is 4.99 Å². The van der Waals surface area contributed by atoms with Crippen molar-refractivity contribution < 1.29 is 14.2 Å². The molecule has 0 saturated carbocycles. The molecule has 0 saturated heterocycles. The summed E-state index contributed by atoms with van der Waals surface area (Å²) in [6.45, 7) is 4.28. The van der Waals surface area contributed by atoms with Gasteiger partial charge in [0.15, 0.2) is 17.5 Å². The van der Waals surface area contributed by atoms with E-state index in [0.29, 0.717) is 18.0 Å². The molecule has 0 radical (unpaired) electrons. The molecule has 0 heterocycles. The van der Waals surface area contributed by atoms with Gasteiger partial charge in [0.1, 0.15) is 5.75 Å². The minimum atomic E-state index is 0. The number of nitrogens with zero attached hydrogens (tertiary/aromatic N) is 1. The quantitative estimate of drug-likeness (QED) is 0.211. The molecule has 26 heavy (non-hydrogen) atoms. The highest BCUT2D eigenvalue weighted by Gasteiger charge is 2.11. The summed E-state index contributed by atoms with van der Waals surface area (Å²) in [6.07, 6.45) is 4.47. The van der Waals surface area contributed by atoms with Gasteiger partial charge in [-0.3, -0.25) is 0 Å². The average Bonchev–Trinajstić information content (AvgIpc) is 2.64. The van der Waals surface area contributed by atoms with E-state index >= 15 is 0 Å². The van der Waals surface area contributed by atoms with Gasteiger partial charge >= 0.3 is 0 Å². The molecular weight excluding hydrogens is 465 g/mol. The number of hydrogen-bond donors (Lipinski definition) is 2. The summed E-state index contributed by atoms with van der Waals surface area (Å²) < 4.78 is 16.1. The molecule has 0 spiro atoms. The third kappa shape index (κ3) is 8.57. The summed E-state index contributed by atoms with van der Waals surface area (Å²) in [5.41, 5.74) is 0.944. The Morgan fingerprint density at radius 3 is 2.23 bits per heavy atom. The largest absolute Gasteiger partial charge is 0.496 e. The minimum Gasteiger partial charge on any atom is -0.496 e. The van der Waals surface area contributed by atoms with Crippen LogP contribution in [0.3, 0.4) is 0 Å². The molecule has 8 heteroatoms. The van der Waals surface area contributed by atoms with E-state index in [1.807, 2.05) is 23.9 Å². The Kier molecular flexibility index (Phi) is 14.5. The van der Waals surface area contributed by atoms with Gasteiger partial charge in [-0.15, -0.1) is 24.0 Å². The topological polar surface area (TPSA) is 64.1 Å². The van der Waals surface area contributed by atoms with Gasteiger partial charge in [0.25, 0.3) is 0 Å². The molecule has 1 rings (SSSR count). The third-order valence-corrected chi connectivity index (χ3v) is 4.30. The number of unbranched alkanes of at least 4 members (excludes halogenated alkanes) is 1. The second-order valence-electron chi connectivity index (χ2n) is 5.34. The number of hydrogen-bond acceptors (Lipinski definition) is 5. The van der Waals surface area contributed by atoms with Gasteiger partial charge in [0.2, 0.25) is 0 Å². The van der Waals surface area contributed by atoms with Crippen LogP contribution in [0.15, 0.2) is 17.1 Å². The first-order chi connectivity index (χ1) is 12.2. The molecule has 0 aromatic heterocycles. The van der Waals surface area contributed by atoms with Gasteiger partial charge in [-0.2, -0.15) is 11.8 Å². The molecule has 0 atom stereocenters. The number of ether oxygens (including phenoxy) is 3. The Hall–Kier alpha value is -1.03. The lowest BCUT2D eigenvalue weighted by Gasteiger charge is -2.14. The van der Waals surface area contributed by atoms with Crippen molar-refractivity contribution in [1.82, 2.24) is 10.6 Å². The van der Waals surface area contributed by atoms with Crippen molar-refractivity contribution in [3.63, 3.8) is 0 Å². The monoisotopic (exact) mass is 497 g/mol. The van der Waals surface area contributed by atoms with Crippen molar-refractivity contribution in [2.45, 2.75) is 26.3 Å². The highest BCUT2D eigenvalue weighted by Crippen LogP contribution is 2.34. The highest BCUT2D eigenvalue weighted by atomic mass is 127. The number of methoxy groups -OCH3 is 3. The minimum absolute atomic E-state index is 0. The van der Waals surface area contributed by atoms with Crippen molar-refractivity contribution in [3.05, 3.63) is 17.7 Å². The molecule has 1 aromatic carbocycles. The lowest BCUT2D eigenvalue weighted by atomic mass is 10.1. The number of thioether (sulfide) groups is 1. The zero-order valence-electron chi connectivity index (χ0n) is 16.4. The zero-order chi connectivity index (χ0) is 18.5. The maximum atomic E-state index is 5.46. The van der Waals surface area contributed by atoms with Crippen molar-refractivity contribution in [2.24, 2.45) is 4.99 Å². The van der Waals surface area contributed by atoms with Crippen molar-refractivity contribution in [3.8, 4) is 17.2 Å². The normalized spacial score (nSPS) is 10.7. The lowest BCUT2D eigenvalue weighted by molar-refractivity contribution is 0.347. The van der Waals surface area contributed by atoms with Crippen LogP contribution < -0.4 is 24.8 Å². The predicted octanol–water partition coefficient (Wildman–Crippen LogP) is 3.53. The maximum Gasteiger partial charge on any atom is 0.191 e. The number of rotatable bonds is 11. The van der Waals surface area contributed by atoms with Crippen molar-refractivity contribution in [2.75, 3.05) is 46.4 Å². The lowest BCUT2D eigenvalue weighted by Crippen LogP contribution is -2.37. The number of halogens is 1. The van der Waals surface area contributed by atoms with E-state index in [9.17, 15) is 0 Å². The third-order valence-electron chi connectivity index (χ3n) is 3.61. The molecule has 0 bridgehead atoms. The molecule has 150 valence electrons. The summed E-state index contributed by atoms with van der Waals surface area (Å²) >= 11 is 1.88. The van der Waals surface area contributed by atoms with E-state index in [4.69, 9.17) is 14.2 Å². The van der Waals surface area contributed by atoms with Crippen LogP contribution in [-0.2, 0) is 6.54 Å². The van der Waals surface area contributed by atoms with Crippen LogP contribution in [0.1, 0.15) is 25.3 Å². The first kappa shape index (κ1) is 25.0. The molecule has 0 amide bonds. The molecule has 0 aliphatic heterocycles. The fourth-order valence-electron chi connectivity index (χ4n) is 2.30. The Labute approximate surface area is 178 Å². The standard InChI is InChI=1S/C18H31N3O3S.HI/c1-6-19-18(20-9-7-8-10-25-5)21-13-14-11-16(23-3)17(24-4)12-15(14)22-2;/h11-12H,6-10,13H2,1-5H3,(H2,19,20,21);1H. The van der Waals surface area contributed by atoms with Crippen LogP contribution in [0.5, 0.6) is 17.2 Å². The maximum absolute atomic E-state index is 5.46. The Morgan fingerprint density at radius 2 is 1.65 bits per heavy atom. The van der Waals surface area contributed by atoms with Gasteiger partial charge in [-0.05, 0) is 37.8 Å². The molecular formula is C18H32IN3O3S. The Morgan fingerprint density at radius 1 is 1.00 bits per heavy atom. The fraction of sp³-hybridized carbons (Fsp3) is 0.611.